The van der Waals surface area contributed by atoms with Crippen LogP contribution in [-0.2, 0) is 14.3 Å². The molecule has 1 saturated heterocycles. The van der Waals surface area contributed by atoms with E-state index in [0.29, 0.717) is 30.6 Å². The molecule has 5 aliphatic rings. The lowest BCUT2D eigenvalue weighted by Crippen LogP contribution is -2.50. The van der Waals surface area contributed by atoms with Crippen LogP contribution in [0.1, 0.15) is 45.4 Å². The van der Waals surface area contributed by atoms with Gasteiger partial charge in [-0.3, -0.25) is 4.79 Å². The molecule has 0 aromatic carbocycles. The summed E-state index contributed by atoms with van der Waals surface area (Å²) in [4.78, 5) is 25.7. The van der Waals surface area contributed by atoms with E-state index in [-0.39, 0.29) is 24.0 Å². The van der Waals surface area contributed by atoms with Gasteiger partial charge in [0.05, 0.1) is 12.2 Å². The first-order chi connectivity index (χ1) is 12.0. The molecule has 0 spiro atoms. The van der Waals surface area contributed by atoms with Crippen LogP contribution in [0.15, 0.2) is 0 Å². The number of likely N-dealkylation sites (tertiary alicyclic amines) is 1. The Morgan fingerprint density at radius 2 is 1.72 bits per heavy atom. The van der Waals surface area contributed by atoms with Crippen molar-refractivity contribution in [2.45, 2.75) is 63.7 Å². The number of carbonyl (C=O) groups is 2. The summed E-state index contributed by atoms with van der Waals surface area (Å²) in [5, 5.41) is 9.54. The van der Waals surface area contributed by atoms with E-state index in [9.17, 15) is 14.7 Å². The number of hydrogen-bond donors (Lipinski definition) is 2. The molecule has 2 unspecified atom stereocenters. The first-order valence-electron chi connectivity index (χ1n) is 9.75. The molecule has 4 bridgehead atoms. The number of nitrogens with zero attached hydrogens (tertiary/aromatic N) is 1. The Kier molecular flexibility index (Phi) is 4.78. The minimum atomic E-state index is -0.920. The third-order valence-electron chi connectivity index (χ3n) is 7.02. The fraction of sp³-hybridized carbons (Fsp3) is 0.895. The van der Waals surface area contributed by atoms with E-state index in [0.717, 1.165) is 11.8 Å². The highest BCUT2D eigenvalue weighted by Crippen LogP contribution is 2.55. The summed E-state index contributed by atoms with van der Waals surface area (Å²) in [6, 6.07) is -0.753. The molecule has 1 amide bonds. The van der Waals surface area contributed by atoms with Gasteiger partial charge in [-0.2, -0.15) is 12.6 Å². The van der Waals surface area contributed by atoms with Crippen molar-refractivity contribution in [1.29, 1.82) is 0 Å². The van der Waals surface area contributed by atoms with Gasteiger partial charge in [-0.05, 0) is 55.8 Å². The minimum Gasteiger partial charge on any atom is -0.480 e. The highest BCUT2D eigenvalue weighted by molar-refractivity contribution is 7.80. The van der Waals surface area contributed by atoms with Gasteiger partial charge in [0.2, 0.25) is 5.91 Å². The molecule has 140 valence electrons. The molecule has 1 heterocycles. The zero-order valence-corrected chi connectivity index (χ0v) is 15.7. The molecule has 4 saturated carbocycles. The molecule has 5 rings (SSSR count). The van der Waals surface area contributed by atoms with Crippen LogP contribution < -0.4 is 0 Å². The van der Waals surface area contributed by atoms with Gasteiger partial charge in [0, 0.05) is 24.6 Å². The summed E-state index contributed by atoms with van der Waals surface area (Å²) in [5.41, 5.74) is 0. The number of carbonyl (C=O) groups excluding carboxylic acids is 1. The Balaban J connectivity index is 1.43. The fourth-order valence-corrected chi connectivity index (χ4v) is 6.21. The van der Waals surface area contributed by atoms with Crippen molar-refractivity contribution in [2.75, 3.05) is 12.3 Å². The molecule has 0 aromatic heterocycles. The average molecular weight is 368 g/mol. The predicted molar refractivity (Wildman–Crippen MR) is 96.5 cm³/mol. The average Bonchev–Trinajstić information content (AvgIpc) is 3.00. The first-order valence-corrected chi connectivity index (χ1v) is 10.4. The maximum absolute atomic E-state index is 12.5. The lowest BCUT2D eigenvalue weighted by molar-refractivity contribution is -0.150. The van der Waals surface area contributed by atoms with E-state index >= 15 is 0 Å². The molecule has 0 radical (unpaired) electrons. The minimum absolute atomic E-state index is 0.112. The van der Waals surface area contributed by atoms with Crippen LogP contribution >= 0.6 is 12.6 Å². The summed E-state index contributed by atoms with van der Waals surface area (Å²) in [5.74, 6) is 2.24. The third kappa shape index (κ3) is 3.20. The van der Waals surface area contributed by atoms with Crippen molar-refractivity contribution in [2.24, 2.45) is 29.6 Å². The Morgan fingerprint density at radius 3 is 2.24 bits per heavy atom. The molecule has 3 atom stereocenters. The van der Waals surface area contributed by atoms with Crippen LogP contribution in [0.5, 0.6) is 0 Å². The van der Waals surface area contributed by atoms with E-state index in [1.165, 1.54) is 37.0 Å². The fourth-order valence-electron chi connectivity index (χ4n) is 6.05. The van der Waals surface area contributed by atoms with Gasteiger partial charge >= 0.3 is 5.97 Å². The predicted octanol–water partition coefficient (Wildman–Crippen LogP) is 2.45. The zero-order valence-electron chi connectivity index (χ0n) is 14.8. The van der Waals surface area contributed by atoms with Crippen LogP contribution in [0.4, 0.5) is 0 Å². The van der Waals surface area contributed by atoms with Crippen LogP contribution in [0.2, 0.25) is 0 Å². The maximum atomic E-state index is 12.5. The second kappa shape index (κ2) is 6.76. The highest BCUT2D eigenvalue weighted by atomic mass is 32.1. The molecule has 0 aromatic rings. The van der Waals surface area contributed by atoms with Crippen molar-refractivity contribution in [3.05, 3.63) is 0 Å². The second-order valence-corrected chi connectivity index (χ2v) is 9.18. The lowest BCUT2D eigenvalue weighted by atomic mass is 9.55. The summed E-state index contributed by atoms with van der Waals surface area (Å²) in [7, 11) is 0. The number of rotatable bonds is 5. The van der Waals surface area contributed by atoms with Crippen LogP contribution in [0.25, 0.3) is 0 Å². The number of aliphatic carboxylic acids is 1. The lowest BCUT2D eigenvalue weighted by Gasteiger charge is -2.54. The Hall–Kier alpha value is -0.750. The number of carboxylic acids is 1. The van der Waals surface area contributed by atoms with Crippen LogP contribution in [0.3, 0.4) is 0 Å². The topological polar surface area (TPSA) is 66.8 Å². The number of carboxylic acid groups (broad SMARTS) is 1. The summed E-state index contributed by atoms with van der Waals surface area (Å²) < 4.78 is 6.49. The molecular weight excluding hydrogens is 338 g/mol. The highest BCUT2D eigenvalue weighted by Gasteiger charge is 2.51. The molecule has 6 heteroatoms. The van der Waals surface area contributed by atoms with Gasteiger partial charge in [-0.25, -0.2) is 4.79 Å². The van der Waals surface area contributed by atoms with Gasteiger partial charge in [0.25, 0.3) is 0 Å². The van der Waals surface area contributed by atoms with E-state index in [1.807, 2.05) is 0 Å². The number of ether oxygens (including phenoxy) is 1. The van der Waals surface area contributed by atoms with E-state index < -0.39 is 12.0 Å². The molecule has 1 aliphatic heterocycles. The van der Waals surface area contributed by atoms with E-state index in [4.69, 9.17) is 4.74 Å². The molecule has 1 N–H and O–H groups in total. The second-order valence-electron chi connectivity index (χ2n) is 8.82. The van der Waals surface area contributed by atoms with Crippen molar-refractivity contribution in [3.8, 4) is 0 Å². The Bertz CT molecular complexity index is 526. The van der Waals surface area contributed by atoms with E-state index in [2.05, 4.69) is 12.6 Å². The molecule has 25 heavy (non-hydrogen) atoms. The normalized spacial score (nSPS) is 43.4. The Labute approximate surface area is 154 Å². The molecule has 4 aliphatic carbocycles. The summed E-state index contributed by atoms with van der Waals surface area (Å²) in [6.45, 7) is 2.22. The van der Waals surface area contributed by atoms with Crippen LogP contribution in [-0.4, -0.2) is 52.4 Å². The van der Waals surface area contributed by atoms with Gasteiger partial charge in [-0.15, -0.1) is 0 Å². The first kappa shape index (κ1) is 17.7. The molecule has 5 fully saturated rings. The van der Waals surface area contributed by atoms with Crippen molar-refractivity contribution in [1.82, 2.24) is 4.90 Å². The van der Waals surface area contributed by atoms with Crippen molar-refractivity contribution in [3.63, 3.8) is 0 Å². The molecular formula is C19H29NO4S. The number of amides is 1. The maximum Gasteiger partial charge on any atom is 0.326 e. The quantitative estimate of drug-likeness (QED) is 0.733. The number of thiol groups is 1. The Morgan fingerprint density at radius 1 is 1.12 bits per heavy atom. The van der Waals surface area contributed by atoms with Crippen LogP contribution in [0, 0.1) is 29.6 Å². The summed E-state index contributed by atoms with van der Waals surface area (Å²) >= 11 is 4.19. The zero-order chi connectivity index (χ0) is 17.7. The molecule has 5 nitrogen and oxygen atoms in total. The smallest absolute Gasteiger partial charge is 0.326 e. The summed E-state index contributed by atoms with van der Waals surface area (Å²) in [6.07, 6.45) is 7.11. The van der Waals surface area contributed by atoms with Gasteiger partial charge in [0.1, 0.15) is 6.04 Å². The van der Waals surface area contributed by atoms with Crippen molar-refractivity contribution >= 4 is 24.5 Å². The largest absolute Gasteiger partial charge is 0.480 e. The van der Waals surface area contributed by atoms with Crippen molar-refractivity contribution < 1.29 is 19.4 Å². The number of hydrogen-bond acceptors (Lipinski definition) is 4. The van der Waals surface area contributed by atoms with Gasteiger partial charge in [-0.1, -0.05) is 6.92 Å². The monoisotopic (exact) mass is 367 g/mol. The SMILES string of the molecule is CC(CS)C(=O)N1CC(OC2C3CC4CC(C3)CC2C4)C[C@H]1C(=O)O. The van der Waals surface area contributed by atoms with Gasteiger partial charge in [0.15, 0.2) is 0 Å². The third-order valence-corrected chi connectivity index (χ3v) is 7.56. The van der Waals surface area contributed by atoms with Gasteiger partial charge < -0.3 is 14.7 Å². The standard InChI is InChI=1S/C19H29NO4S/c1-10(9-25)18(21)20-8-15(7-16(20)19(22)23)24-17-13-3-11-2-12(5-13)6-14(17)4-11/h10-17,25H,2-9H2,1H3,(H,22,23)/t10?,11?,12?,13?,14?,15?,16-,17?/m0/s1. The van der Waals surface area contributed by atoms with E-state index in [1.54, 1.807) is 6.92 Å².